The van der Waals surface area contributed by atoms with Crippen LogP contribution in [0.2, 0.25) is 16.6 Å². The Morgan fingerprint density at radius 1 is 1.03 bits per heavy atom. The number of aliphatic imine (C=N–C) groups is 1. The first kappa shape index (κ1) is 23.2. The summed E-state index contributed by atoms with van der Waals surface area (Å²) in [6.45, 7) is 13.7. The summed E-state index contributed by atoms with van der Waals surface area (Å²) in [5.41, 5.74) is 3.53. The SMILES string of the molecule is COc1cc(C=NN2c3ccnc2c3)ccc1O[Si](C(C)C)(C(C)C)C(C)C.Cl. The molecule has 0 aromatic heterocycles. The summed E-state index contributed by atoms with van der Waals surface area (Å²) >= 11 is 0. The third kappa shape index (κ3) is 4.28. The lowest BCUT2D eigenvalue weighted by Gasteiger charge is -2.42. The minimum absolute atomic E-state index is 0. The van der Waals surface area contributed by atoms with Crippen LogP contribution in [0.25, 0.3) is 0 Å². The first-order valence-electron chi connectivity index (χ1n) is 9.96. The van der Waals surface area contributed by atoms with E-state index in [9.17, 15) is 0 Å². The summed E-state index contributed by atoms with van der Waals surface area (Å²) in [4.78, 5) is 4.26. The van der Waals surface area contributed by atoms with Crippen molar-refractivity contribution in [1.29, 1.82) is 0 Å². The van der Waals surface area contributed by atoms with E-state index in [4.69, 9.17) is 9.16 Å². The van der Waals surface area contributed by atoms with Crippen LogP contribution in [0.4, 0.5) is 0 Å². The second-order valence-corrected chi connectivity index (χ2v) is 13.6. The van der Waals surface area contributed by atoms with E-state index in [1.165, 1.54) is 0 Å². The quantitative estimate of drug-likeness (QED) is 0.366. The fourth-order valence-corrected chi connectivity index (χ4v) is 9.62. The number of benzene rings is 1. The van der Waals surface area contributed by atoms with Crippen LogP contribution in [0.5, 0.6) is 11.5 Å². The molecule has 1 aromatic carbocycles. The van der Waals surface area contributed by atoms with Gasteiger partial charge >= 0.3 is 0 Å². The van der Waals surface area contributed by atoms with Crippen LogP contribution >= 0.6 is 12.4 Å². The molecule has 2 aliphatic heterocycles. The Bertz CT molecular complexity index is 826. The van der Waals surface area contributed by atoms with Gasteiger partial charge in [0.2, 0.25) is 0 Å². The number of halogens is 1. The largest absolute Gasteiger partial charge is 0.540 e. The maximum Gasteiger partial charge on any atom is 0.258 e. The highest BCUT2D eigenvalue weighted by atomic mass is 35.5. The monoisotopic (exact) mass is 433 g/mol. The Morgan fingerprint density at radius 2 is 1.69 bits per heavy atom. The Labute approximate surface area is 181 Å². The fraction of sp³-hybridized carbons (Fsp3) is 0.455. The third-order valence-corrected chi connectivity index (χ3v) is 11.7. The molecule has 7 heteroatoms. The Balaban J connectivity index is 0.00000300. The predicted molar refractivity (Wildman–Crippen MR) is 126 cm³/mol. The average molecular weight is 434 g/mol. The van der Waals surface area contributed by atoms with E-state index in [2.05, 4.69) is 51.6 Å². The van der Waals surface area contributed by atoms with Crippen molar-refractivity contribution in [3.05, 3.63) is 47.4 Å². The molecule has 5 nitrogen and oxygen atoms in total. The molecule has 2 bridgehead atoms. The molecule has 158 valence electrons. The molecule has 2 aliphatic rings. The Kier molecular flexibility index (Phi) is 7.35. The van der Waals surface area contributed by atoms with Gasteiger partial charge in [-0.25, -0.2) is 10.0 Å². The molecule has 1 aromatic rings. The van der Waals surface area contributed by atoms with Crippen molar-refractivity contribution in [2.75, 3.05) is 7.11 Å². The van der Waals surface area contributed by atoms with Crippen LogP contribution in [0.3, 0.4) is 0 Å². The molecule has 0 N–H and O–H groups in total. The minimum atomic E-state index is -2.03. The molecule has 2 heterocycles. The third-order valence-electron chi connectivity index (χ3n) is 5.69. The Hall–Kier alpha value is -2.05. The zero-order chi connectivity index (χ0) is 20.5. The van der Waals surface area contributed by atoms with E-state index in [-0.39, 0.29) is 12.4 Å². The molecule has 0 spiro atoms. The number of hydrazone groups is 1. The lowest BCUT2D eigenvalue weighted by atomic mass is 10.2. The first-order chi connectivity index (χ1) is 13.3. The van der Waals surface area contributed by atoms with Crippen molar-refractivity contribution in [2.24, 2.45) is 10.1 Å². The van der Waals surface area contributed by atoms with Gasteiger partial charge in [0.25, 0.3) is 8.32 Å². The lowest BCUT2D eigenvalue weighted by Crippen LogP contribution is -2.50. The zero-order valence-electron chi connectivity index (χ0n) is 18.3. The molecule has 0 saturated carbocycles. The van der Waals surface area contributed by atoms with Gasteiger partial charge in [-0.3, -0.25) is 0 Å². The van der Waals surface area contributed by atoms with Gasteiger partial charge in [0.1, 0.15) is 5.75 Å². The number of ether oxygens (including phenoxy) is 1. The van der Waals surface area contributed by atoms with Gasteiger partial charge in [0, 0.05) is 12.3 Å². The fourth-order valence-electron chi connectivity index (χ4n) is 4.36. The van der Waals surface area contributed by atoms with E-state index in [0.29, 0.717) is 16.6 Å². The number of allylic oxidation sites excluding steroid dienone is 2. The molecule has 0 atom stereocenters. The highest BCUT2D eigenvalue weighted by molar-refractivity contribution is 6.78. The summed E-state index contributed by atoms with van der Waals surface area (Å²) in [5.74, 6) is 2.45. The number of methoxy groups -OCH3 is 1. The number of nitrogens with zero attached hydrogens (tertiary/aromatic N) is 3. The molecule has 29 heavy (non-hydrogen) atoms. The molecular formula is C22H32ClN3O2Si. The number of fused-ring (bicyclic) bond motifs is 2. The molecule has 0 amide bonds. The lowest BCUT2D eigenvalue weighted by molar-refractivity contribution is 0.382. The summed E-state index contributed by atoms with van der Waals surface area (Å²) < 4.78 is 12.5. The maximum absolute atomic E-state index is 6.80. The molecule has 3 rings (SSSR count). The van der Waals surface area contributed by atoms with Gasteiger partial charge in [-0.05, 0) is 46.5 Å². The van der Waals surface area contributed by atoms with Gasteiger partial charge in [-0.2, -0.15) is 5.10 Å². The molecule has 0 saturated heterocycles. The smallest absolute Gasteiger partial charge is 0.258 e. The van der Waals surface area contributed by atoms with E-state index in [1.54, 1.807) is 13.3 Å². The zero-order valence-corrected chi connectivity index (χ0v) is 20.2. The van der Waals surface area contributed by atoms with Crippen LogP contribution < -0.4 is 9.16 Å². The number of rotatable bonds is 8. The second-order valence-electron chi connectivity index (χ2n) is 8.26. The first-order valence-corrected chi connectivity index (χ1v) is 12.1. The molecule has 0 unspecified atom stereocenters. The second kappa shape index (κ2) is 9.18. The highest BCUT2D eigenvalue weighted by Crippen LogP contribution is 2.44. The number of hydrogen-bond donors (Lipinski definition) is 0. The van der Waals surface area contributed by atoms with Crippen molar-refractivity contribution >= 4 is 33.2 Å². The normalized spacial score (nSPS) is 15.4. The van der Waals surface area contributed by atoms with Crippen molar-refractivity contribution < 1.29 is 9.16 Å². The van der Waals surface area contributed by atoms with Gasteiger partial charge in [0.15, 0.2) is 11.6 Å². The van der Waals surface area contributed by atoms with Gasteiger partial charge in [-0.1, -0.05) is 41.5 Å². The van der Waals surface area contributed by atoms with Crippen molar-refractivity contribution in [2.45, 2.75) is 58.2 Å². The van der Waals surface area contributed by atoms with Crippen LogP contribution in [0.1, 0.15) is 47.1 Å². The van der Waals surface area contributed by atoms with Crippen molar-refractivity contribution in [3.8, 4) is 11.5 Å². The van der Waals surface area contributed by atoms with Crippen molar-refractivity contribution in [3.63, 3.8) is 0 Å². The Morgan fingerprint density at radius 3 is 2.17 bits per heavy atom. The van der Waals surface area contributed by atoms with E-state index < -0.39 is 8.32 Å². The summed E-state index contributed by atoms with van der Waals surface area (Å²) in [5, 5.41) is 6.34. The summed E-state index contributed by atoms with van der Waals surface area (Å²) in [6, 6.07) is 6.03. The predicted octanol–water partition coefficient (Wildman–Crippen LogP) is 6.13. The topological polar surface area (TPSA) is 46.4 Å². The highest BCUT2D eigenvalue weighted by Gasteiger charge is 2.47. The molecule has 0 fully saturated rings. The van der Waals surface area contributed by atoms with Crippen molar-refractivity contribution in [1.82, 2.24) is 5.01 Å². The van der Waals surface area contributed by atoms with E-state index >= 15 is 0 Å². The molecular weight excluding hydrogens is 402 g/mol. The van der Waals surface area contributed by atoms with Crippen LogP contribution in [-0.4, -0.2) is 32.9 Å². The van der Waals surface area contributed by atoms with Crippen LogP contribution in [0.15, 0.2) is 52.0 Å². The number of hydrogen-bond acceptors (Lipinski definition) is 5. The molecule has 0 aliphatic carbocycles. The van der Waals surface area contributed by atoms with Gasteiger partial charge < -0.3 is 9.16 Å². The van der Waals surface area contributed by atoms with Crippen LogP contribution in [-0.2, 0) is 0 Å². The van der Waals surface area contributed by atoms with E-state index in [1.807, 2.05) is 41.6 Å². The summed E-state index contributed by atoms with van der Waals surface area (Å²) in [6.07, 6.45) is 7.56. The van der Waals surface area contributed by atoms with Gasteiger partial charge in [-0.15, -0.1) is 12.4 Å². The standard InChI is InChI=1S/C22H31N3O2Si.ClH/c1-15(2)28(16(3)4,17(5)6)27-20-9-8-18(12-21(20)26-7)14-24-25-19-10-11-23-22(25)13-19;/h8-17H,1-7H3;1H. The molecule has 0 radical (unpaired) electrons. The minimum Gasteiger partial charge on any atom is -0.540 e. The van der Waals surface area contributed by atoms with Crippen LogP contribution in [0, 0.1) is 0 Å². The maximum atomic E-state index is 6.80. The van der Waals surface area contributed by atoms with Gasteiger partial charge in [0.05, 0.1) is 19.0 Å². The van der Waals surface area contributed by atoms with E-state index in [0.717, 1.165) is 28.6 Å². The summed E-state index contributed by atoms with van der Waals surface area (Å²) in [7, 11) is -0.344. The average Bonchev–Trinajstić information content (AvgIpc) is 2.66.